The molecule has 0 atom stereocenters. The Hall–Kier alpha value is -2.04. The SMILES string of the molecule is CCCCOC(=O)CN1C(=O)N(C)Cc2ccccc21. The zero-order valence-electron chi connectivity index (χ0n) is 12.0. The first-order valence-corrected chi connectivity index (χ1v) is 6.89. The van der Waals surface area contributed by atoms with E-state index >= 15 is 0 Å². The smallest absolute Gasteiger partial charge is 0.326 e. The summed E-state index contributed by atoms with van der Waals surface area (Å²) in [4.78, 5) is 27.1. The first-order chi connectivity index (χ1) is 9.63. The fraction of sp³-hybridized carbons (Fsp3) is 0.467. The number of carbonyl (C=O) groups excluding carboxylic acids is 2. The van der Waals surface area contributed by atoms with Crippen molar-refractivity contribution >= 4 is 17.7 Å². The van der Waals surface area contributed by atoms with Gasteiger partial charge in [0.05, 0.1) is 12.3 Å². The van der Waals surface area contributed by atoms with Crippen molar-refractivity contribution in [2.24, 2.45) is 0 Å². The van der Waals surface area contributed by atoms with Crippen molar-refractivity contribution in [1.29, 1.82) is 0 Å². The lowest BCUT2D eigenvalue weighted by Crippen LogP contribution is -2.47. The minimum absolute atomic E-state index is 0.0378. The summed E-state index contributed by atoms with van der Waals surface area (Å²) < 4.78 is 5.13. The van der Waals surface area contributed by atoms with Crippen LogP contribution >= 0.6 is 0 Å². The quantitative estimate of drug-likeness (QED) is 0.613. The van der Waals surface area contributed by atoms with Gasteiger partial charge in [-0.15, -0.1) is 0 Å². The van der Waals surface area contributed by atoms with E-state index in [2.05, 4.69) is 0 Å². The summed E-state index contributed by atoms with van der Waals surface area (Å²) >= 11 is 0. The Balaban J connectivity index is 2.09. The number of ether oxygens (including phenoxy) is 1. The Morgan fingerprint density at radius 2 is 2.10 bits per heavy atom. The van der Waals surface area contributed by atoms with Crippen LogP contribution in [0.5, 0.6) is 0 Å². The highest BCUT2D eigenvalue weighted by Gasteiger charge is 2.29. The number of amides is 2. The van der Waals surface area contributed by atoms with E-state index in [1.165, 1.54) is 4.90 Å². The number of urea groups is 1. The molecule has 2 amide bonds. The zero-order chi connectivity index (χ0) is 14.5. The van der Waals surface area contributed by atoms with Crippen LogP contribution < -0.4 is 4.90 Å². The van der Waals surface area contributed by atoms with Gasteiger partial charge in [-0.05, 0) is 18.1 Å². The molecule has 0 fully saturated rings. The topological polar surface area (TPSA) is 49.9 Å². The molecule has 1 heterocycles. The molecule has 1 aliphatic heterocycles. The molecule has 0 spiro atoms. The molecule has 0 N–H and O–H groups in total. The summed E-state index contributed by atoms with van der Waals surface area (Å²) in [7, 11) is 1.73. The van der Waals surface area contributed by atoms with Crippen LogP contribution in [0.15, 0.2) is 24.3 Å². The highest BCUT2D eigenvalue weighted by molar-refractivity contribution is 5.98. The van der Waals surface area contributed by atoms with Crippen LogP contribution in [0.2, 0.25) is 0 Å². The molecule has 1 aliphatic rings. The number of benzene rings is 1. The maximum Gasteiger partial charge on any atom is 0.326 e. The minimum atomic E-state index is -0.364. The van der Waals surface area contributed by atoms with Gasteiger partial charge in [-0.25, -0.2) is 4.79 Å². The minimum Gasteiger partial charge on any atom is -0.464 e. The number of nitrogens with zero attached hydrogens (tertiary/aromatic N) is 2. The van der Waals surface area contributed by atoms with Crippen LogP contribution in [0, 0.1) is 0 Å². The molecule has 0 aliphatic carbocycles. The Labute approximate surface area is 119 Å². The van der Waals surface area contributed by atoms with Crippen LogP contribution in [0.3, 0.4) is 0 Å². The number of unbranched alkanes of at least 4 members (excludes halogenated alkanes) is 1. The monoisotopic (exact) mass is 276 g/mol. The fourth-order valence-electron chi connectivity index (χ4n) is 2.20. The van der Waals surface area contributed by atoms with Crippen LogP contribution in [0.4, 0.5) is 10.5 Å². The van der Waals surface area contributed by atoms with E-state index in [9.17, 15) is 9.59 Å². The summed E-state index contributed by atoms with van der Waals surface area (Å²) in [6, 6.07) is 7.46. The molecule has 108 valence electrons. The van der Waals surface area contributed by atoms with Crippen molar-refractivity contribution in [1.82, 2.24) is 4.90 Å². The number of fused-ring (bicyclic) bond motifs is 1. The Morgan fingerprint density at radius 3 is 2.85 bits per heavy atom. The fourth-order valence-corrected chi connectivity index (χ4v) is 2.20. The van der Waals surface area contributed by atoms with Crippen molar-refractivity contribution < 1.29 is 14.3 Å². The van der Waals surface area contributed by atoms with Gasteiger partial charge < -0.3 is 9.64 Å². The number of para-hydroxylation sites is 1. The van der Waals surface area contributed by atoms with E-state index in [1.54, 1.807) is 11.9 Å². The first kappa shape index (κ1) is 14.4. The van der Waals surface area contributed by atoms with Gasteiger partial charge >= 0.3 is 12.0 Å². The second-order valence-corrected chi connectivity index (χ2v) is 4.93. The molecular weight excluding hydrogens is 256 g/mol. The third-order valence-corrected chi connectivity index (χ3v) is 3.30. The van der Waals surface area contributed by atoms with Crippen LogP contribution in [0.25, 0.3) is 0 Å². The molecule has 0 saturated heterocycles. The maximum absolute atomic E-state index is 12.2. The average molecular weight is 276 g/mol. The number of esters is 1. The molecule has 20 heavy (non-hydrogen) atoms. The van der Waals surface area contributed by atoms with Crippen LogP contribution in [-0.2, 0) is 16.1 Å². The summed E-state index contributed by atoms with van der Waals surface area (Å²) in [5.41, 5.74) is 1.83. The predicted molar refractivity (Wildman–Crippen MR) is 76.5 cm³/mol. The molecule has 1 aromatic carbocycles. The molecule has 5 nitrogen and oxygen atoms in total. The van der Waals surface area contributed by atoms with Gasteiger partial charge in [0, 0.05) is 13.6 Å². The standard InChI is InChI=1S/C15H20N2O3/c1-3-4-9-20-14(18)11-17-13-8-6-5-7-12(13)10-16(2)15(17)19/h5-8H,3-4,9-11H2,1-2H3. The molecular formula is C15H20N2O3. The number of hydrogen-bond donors (Lipinski definition) is 0. The van der Waals surface area contributed by atoms with Crippen molar-refractivity contribution in [3.05, 3.63) is 29.8 Å². The van der Waals surface area contributed by atoms with Gasteiger partial charge in [0.15, 0.2) is 0 Å². The summed E-state index contributed by atoms with van der Waals surface area (Å²) in [6.07, 6.45) is 1.82. The Kier molecular flexibility index (Phi) is 4.61. The second kappa shape index (κ2) is 6.41. The summed E-state index contributed by atoms with van der Waals surface area (Å²) in [5.74, 6) is -0.364. The molecule has 5 heteroatoms. The lowest BCUT2D eigenvalue weighted by atomic mass is 10.1. The molecule has 2 rings (SSSR count). The molecule has 0 radical (unpaired) electrons. The van der Waals surface area contributed by atoms with Crippen LogP contribution in [-0.4, -0.2) is 37.1 Å². The second-order valence-electron chi connectivity index (χ2n) is 4.93. The largest absolute Gasteiger partial charge is 0.464 e. The zero-order valence-corrected chi connectivity index (χ0v) is 12.0. The first-order valence-electron chi connectivity index (χ1n) is 6.89. The third kappa shape index (κ3) is 3.10. The summed E-state index contributed by atoms with van der Waals surface area (Å²) in [6.45, 7) is 2.97. The Bertz CT molecular complexity index is 502. The van der Waals surface area contributed by atoms with Crippen LogP contribution in [0.1, 0.15) is 25.3 Å². The Morgan fingerprint density at radius 1 is 1.35 bits per heavy atom. The van der Waals surface area contributed by atoms with Gasteiger partial charge in [0.25, 0.3) is 0 Å². The highest BCUT2D eigenvalue weighted by Crippen LogP contribution is 2.27. The number of hydrogen-bond acceptors (Lipinski definition) is 3. The van der Waals surface area contributed by atoms with Gasteiger partial charge in [-0.1, -0.05) is 31.5 Å². The number of carbonyl (C=O) groups is 2. The van der Waals surface area contributed by atoms with E-state index in [1.807, 2.05) is 31.2 Å². The van der Waals surface area contributed by atoms with E-state index in [-0.39, 0.29) is 18.5 Å². The summed E-state index contributed by atoms with van der Waals surface area (Å²) in [5, 5.41) is 0. The van der Waals surface area contributed by atoms with Gasteiger partial charge in [-0.2, -0.15) is 0 Å². The molecule has 0 bridgehead atoms. The van der Waals surface area contributed by atoms with Gasteiger partial charge in [-0.3, -0.25) is 9.69 Å². The lowest BCUT2D eigenvalue weighted by Gasteiger charge is -2.34. The highest BCUT2D eigenvalue weighted by atomic mass is 16.5. The normalized spacial score (nSPS) is 14.2. The van der Waals surface area contributed by atoms with Crippen molar-refractivity contribution in [3.8, 4) is 0 Å². The van der Waals surface area contributed by atoms with Crippen molar-refractivity contribution in [3.63, 3.8) is 0 Å². The predicted octanol–water partition coefficient (Wildman–Crippen LogP) is 2.40. The maximum atomic E-state index is 12.2. The van der Waals surface area contributed by atoms with E-state index in [0.717, 1.165) is 24.1 Å². The van der Waals surface area contributed by atoms with E-state index in [4.69, 9.17) is 4.74 Å². The van der Waals surface area contributed by atoms with Crippen molar-refractivity contribution in [2.75, 3.05) is 25.1 Å². The number of rotatable bonds is 5. The van der Waals surface area contributed by atoms with E-state index < -0.39 is 0 Å². The van der Waals surface area contributed by atoms with Gasteiger partial charge in [0.1, 0.15) is 6.54 Å². The van der Waals surface area contributed by atoms with E-state index in [0.29, 0.717) is 13.2 Å². The molecule has 0 saturated carbocycles. The average Bonchev–Trinajstić information content (AvgIpc) is 2.44. The lowest BCUT2D eigenvalue weighted by molar-refractivity contribution is -0.142. The molecule has 1 aromatic rings. The molecule has 0 aromatic heterocycles. The third-order valence-electron chi connectivity index (χ3n) is 3.30. The van der Waals surface area contributed by atoms with Gasteiger partial charge in [0.2, 0.25) is 0 Å². The number of anilines is 1. The molecule has 0 unspecified atom stereocenters. The van der Waals surface area contributed by atoms with Crippen molar-refractivity contribution in [2.45, 2.75) is 26.3 Å².